The first-order valence-corrected chi connectivity index (χ1v) is 9.24. The van der Waals surface area contributed by atoms with Crippen molar-refractivity contribution in [1.82, 2.24) is 10.6 Å². The number of hydrogen-bond acceptors (Lipinski definition) is 4. The van der Waals surface area contributed by atoms with E-state index in [1.165, 1.54) is 70.6 Å². The first-order valence-electron chi connectivity index (χ1n) is 9.24. The number of rotatable bonds is 7. The molecule has 0 bridgehead atoms. The zero-order valence-electron chi connectivity index (χ0n) is 13.8. The van der Waals surface area contributed by atoms with Crippen LogP contribution in [0, 0.1) is 0 Å². The fraction of sp³-hybridized carbons (Fsp3) is 1.00. The molecule has 2 rings (SSSR count). The first-order chi connectivity index (χ1) is 10.2. The van der Waals surface area contributed by atoms with Crippen LogP contribution >= 0.6 is 0 Å². The van der Waals surface area contributed by atoms with Crippen molar-refractivity contribution in [2.75, 3.05) is 0 Å². The lowest BCUT2D eigenvalue weighted by Gasteiger charge is -2.37. The van der Waals surface area contributed by atoms with Gasteiger partial charge in [-0.3, -0.25) is 10.6 Å². The van der Waals surface area contributed by atoms with E-state index in [9.17, 15) is 0 Å². The van der Waals surface area contributed by atoms with Gasteiger partial charge < -0.3 is 11.5 Å². The Kier molecular flexibility index (Phi) is 7.44. The average Bonchev–Trinajstić information content (AvgIpc) is 2.49. The molecular formula is C17H36N4. The molecule has 0 aromatic rings. The molecule has 2 saturated carbocycles. The summed E-state index contributed by atoms with van der Waals surface area (Å²) in [5.41, 5.74) is 12.6. The highest BCUT2D eigenvalue weighted by Crippen LogP contribution is 2.20. The lowest BCUT2D eigenvalue weighted by Crippen LogP contribution is -2.59. The maximum atomic E-state index is 6.30. The van der Waals surface area contributed by atoms with Crippen LogP contribution in [0.2, 0.25) is 0 Å². The predicted octanol–water partition coefficient (Wildman–Crippen LogP) is 2.22. The molecule has 21 heavy (non-hydrogen) atoms. The van der Waals surface area contributed by atoms with E-state index in [-0.39, 0.29) is 0 Å². The van der Waals surface area contributed by atoms with Crippen molar-refractivity contribution in [3.63, 3.8) is 0 Å². The minimum Gasteiger partial charge on any atom is -0.326 e. The highest BCUT2D eigenvalue weighted by Gasteiger charge is 2.27. The molecule has 2 aliphatic rings. The van der Waals surface area contributed by atoms with Gasteiger partial charge in [0.2, 0.25) is 0 Å². The van der Waals surface area contributed by atoms with Gasteiger partial charge in [-0.1, -0.05) is 45.4 Å². The highest BCUT2D eigenvalue weighted by molar-refractivity contribution is 4.89. The molecule has 6 N–H and O–H groups in total. The lowest BCUT2D eigenvalue weighted by molar-refractivity contribution is 0.225. The van der Waals surface area contributed by atoms with Gasteiger partial charge in [-0.2, -0.15) is 0 Å². The van der Waals surface area contributed by atoms with Crippen molar-refractivity contribution in [3.05, 3.63) is 0 Å². The molecule has 2 aliphatic carbocycles. The summed E-state index contributed by atoms with van der Waals surface area (Å²) in [4.78, 5) is 0. The second-order valence-electron chi connectivity index (χ2n) is 7.14. The molecule has 0 saturated heterocycles. The molecule has 4 nitrogen and oxygen atoms in total. The van der Waals surface area contributed by atoms with Gasteiger partial charge in [0, 0.05) is 24.2 Å². The summed E-state index contributed by atoms with van der Waals surface area (Å²) in [7, 11) is 0. The van der Waals surface area contributed by atoms with Crippen LogP contribution in [-0.2, 0) is 0 Å². The topological polar surface area (TPSA) is 76.1 Å². The van der Waals surface area contributed by atoms with E-state index < -0.39 is 0 Å². The largest absolute Gasteiger partial charge is 0.326 e. The molecule has 2 fully saturated rings. The molecule has 0 aromatic heterocycles. The van der Waals surface area contributed by atoms with Gasteiger partial charge in [-0.25, -0.2) is 0 Å². The van der Waals surface area contributed by atoms with Crippen molar-refractivity contribution < 1.29 is 0 Å². The minimum atomic E-state index is 0.324. The molecule has 124 valence electrons. The van der Waals surface area contributed by atoms with Crippen molar-refractivity contribution in [2.24, 2.45) is 11.5 Å². The van der Waals surface area contributed by atoms with Crippen LogP contribution in [0.5, 0.6) is 0 Å². The van der Waals surface area contributed by atoms with Crippen molar-refractivity contribution in [1.29, 1.82) is 0 Å². The molecule has 4 unspecified atom stereocenters. The zero-order chi connectivity index (χ0) is 15.1. The number of hydrogen-bond donors (Lipinski definition) is 4. The second kappa shape index (κ2) is 9.09. The smallest absolute Gasteiger partial charge is 0.0576 e. The summed E-state index contributed by atoms with van der Waals surface area (Å²) < 4.78 is 0. The van der Waals surface area contributed by atoms with Crippen LogP contribution in [0.25, 0.3) is 0 Å². The van der Waals surface area contributed by atoms with E-state index in [4.69, 9.17) is 11.5 Å². The zero-order valence-corrected chi connectivity index (χ0v) is 13.8. The third-order valence-corrected chi connectivity index (χ3v) is 5.32. The van der Waals surface area contributed by atoms with E-state index in [0.717, 1.165) is 0 Å². The van der Waals surface area contributed by atoms with Gasteiger partial charge in [0.25, 0.3) is 0 Å². The Morgan fingerprint density at radius 1 is 0.857 bits per heavy atom. The molecule has 0 aromatic carbocycles. The van der Waals surface area contributed by atoms with E-state index in [0.29, 0.717) is 30.3 Å². The summed E-state index contributed by atoms with van der Waals surface area (Å²) in [6.45, 7) is 2.26. The Morgan fingerprint density at radius 3 is 1.76 bits per heavy atom. The molecule has 0 spiro atoms. The van der Waals surface area contributed by atoms with E-state index in [1.807, 2.05) is 0 Å². The number of nitrogens with one attached hydrogen (secondary N) is 2. The van der Waals surface area contributed by atoms with Gasteiger partial charge >= 0.3 is 0 Å². The Labute approximate surface area is 130 Å². The fourth-order valence-electron chi connectivity index (χ4n) is 3.87. The summed E-state index contributed by atoms with van der Waals surface area (Å²) in [5, 5.41) is 7.63. The van der Waals surface area contributed by atoms with E-state index in [2.05, 4.69) is 17.6 Å². The molecule has 0 heterocycles. The van der Waals surface area contributed by atoms with Crippen LogP contribution in [0.1, 0.15) is 77.6 Å². The van der Waals surface area contributed by atoms with Crippen LogP contribution < -0.4 is 22.1 Å². The minimum absolute atomic E-state index is 0.324. The summed E-state index contributed by atoms with van der Waals surface area (Å²) >= 11 is 0. The Morgan fingerprint density at radius 2 is 1.33 bits per heavy atom. The Balaban J connectivity index is 1.86. The van der Waals surface area contributed by atoms with Gasteiger partial charge in [0.05, 0.1) is 6.17 Å². The first kappa shape index (κ1) is 17.2. The SMILES string of the molecule is CCCCC(NC1CCCCC1[15NH2])NC1CCCCC1[15NH2]. The maximum absolute atomic E-state index is 6.30. The van der Waals surface area contributed by atoms with Crippen LogP contribution in [0.3, 0.4) is 0 Å². The third kappa shape index (κ3) is 5.51. The van der Waals surface area contributed by atoms with E-state index in [1.54, 1.807) is 0 Å². The standard InChI is InChI=1S/C17H36N4/c1-2-3-12-17(20-15-10-6-4-8-13(15)18)21-16-11-7-5-9-14(16)19/h13-17,20-21H,2-12,18-19H2,1H3/i18+1,19+1. The van der Waals surface area contributed by atoms with Gasteiger partial charge in [-0.05, 0) is 32.1 Å². The van der Waals surface area contributed by atoms with Crippen LogP contribution in [0.4, 0.5) is 0 Å². The monoisotopic (exact) mass is 298 g/mol. The molecule has 0 amide bonds. The van der Waals surface area contributed by atoms with Gasteiger partial charge in [0.15, 0.2) is 0 Å². The summed E-state index contributed by atoms with van der Waals surface area (Å²) in [6, 6.07) is 1.61. The molecule has 4 heteroatoms. The fourth-order valence-corrected chi connectivity index (χ4v) is 3.87. The van der Waals surface area contributed by atoms with Crippen molar-refractivity contribution in [2.45, 2.75) is 108 Å². The lowest BCUT2D eigenvalue weighted by atomic mass is 9.90. The normalized spacial score (nSPS) is 35.6. The molecule has 0 radical (unpaired) electrons. The summed E-state index contributed by atoms with van der Waals surface area (Å²) in [5.74, 6) is 0. The highest BCUT2D eigenvalue weighted by atomic mass is 15.4. The number of unbranched alkanes of at least 4 members (excludes halogenated alkanes) is 1. The molecule has 4 atom stereocenters. The predicted molar refractivity (Wildman–Crippen MR) is 90.0 cm³/mol. The maximum Gasteiger partial charge on any atom is 0.0576 e. The quantitative estimate of drug-likeness (QED) is 0.429. The molecule has 0 aliphatic heterocycles. The van der Waals surface area contributed by atoms with Gasteiger partial charge in [0.1, 0.15) is 0 Å². The summed E-state index contributed by atoms with van der Waals surface area (Å²) in [6.07, 6.45) is 14.1. The Bertz CT molecular complexity index is 260. The van der Waals surface area contributed by atoms with Crippen LogP contribution in [0.15, 0.2) is 0 Å². The molecular weight excluding hydrogens is 262 g/mol. The second-order valence-corrected chi connectivity index (χ2v) is 7.14. The third-order valence-electron chi connectivity index (χ3n) is 5.32. The number of nitrogens with two attached hydrogens (primary N) is 2. The van der Waals surface area contributed by atoms with Gasteiger partial charge in [-0.15, -0.1) is 0 Å². The van der Waals surface area contributed by atoms with Crippen molar-refractivity contribution in [3.8, 4) is 0 Å². The average molecular weight is 298 g/mol. The van der Waals surface area contributed by atoms with Crippen molar-refractivity contribution >= 4 is 0 Å². The van der Waals surface area contributed by atoms with E-state index >= 15 is 0 Å². The Hall–Kier alpha value is -0.160. The van der Waals surface area contributed by atoms with Crippen LogP contribution in [-0.4, -0.2) is 30.3 Å².